The molecule has 2 N–H and O–H groups in total. The molecule has 3 rings (SSSR count). The van der Waals surface area contributed by atoms with E-state index in [0.717, 1.165) is 11.1 Å². The van der Waals surface area contributed by atoms with E-state index in [4.69, 9.17) is 4.52 Å². The quantitative estimate of drug-likeness (QED) is 0.746. The lowest BCUT2D eigenvalue weighted by Gasteiger charge is -2.00. The molecule has 0 bridgehead atoms. The zero-order valence-corrected chi connectivity index (χ0v) is 10.7. The van der Waals surface area contributed by atoms with Gasteiger partial charge in [-0.05, 0) is 42.8 Å². The summed E-state index contributed by atoms with van der Waals surface area (Å²) < 4.78 is 5.24. The van der Waals surface area contributed by atoms with Crippen molar-refractivity contribution in [3.05, 3.63) is 48.0 Å². The van der Waals surface area contributed by atoms with E-state index < -0.39 is 0 Å². The van der Waals surface area contributed by atoms with Crippen LogP contribution in [0, 0.1) is 6.92 Å². The number of nitrogens with zero attached hydrogens (tertiary/aromatic N) is 2. The molecule has 0 radical (unpaired) electrons. The van der Waals surface area contributed by atoms with Crippen molar-refractivity contribution in [3.63, 3.8) is 0 Å². The van der Waals surface area contributed by atoms with E-state index in [9.17, 15) is 10.2 Å². The van der Waals surface area contributed by atoms with Crippen LogP contribution in [0.3, 0.4) is 0 Å². The number of phenols is 2. The van der Waals surface area contributed by atoms with E-state index in [2.05, 4.69) is 10.1 Å². The highest BCUT2D eigenvalue weighted by Crippen LogP contribution is 2.27. The third kappa shape index (κ3) is 2.21. The summed E-state index contributed by atoms with van der Waals surface area (Å²) in [6.45, 7) is 1.85. The summed E-state index contributed by atoms with van der Waals surface area (Å²) in [6, 6.07) is 11.6. The Bertz CT molecular complexity index is 765. The molecule has 0 aliphatic heterocycles. The maximum atomic E-state index is 9.46. The number of aromatic hydroxyl groups is 2. The fourth-order valence-corrected chi connectivity index (χ4v) is 1.98. The molecule has 100 valence electrons. The van der Waals surface area contributed by atoms with Crippen molar-refractivity contribution in [1.29, 1.82) is 0 Å². The lowest BCUT2D eigenvalue weighted by molar-refractivity contribution is 0.431. The van der Waals surface area contributed by atoms with Gasteiger partial charge in [-0.15, -0.1) is 0 Å². The van der Waals surface area contributed by atoms with E-state index >= 15 is 0 Å². The summed E-state index contributed by atoms with van der Waals surface area (Å²) in [5.74, 6) is 1.12. The molecule has 0 aliphatic rings. The summed E-state index contributed by atoms with van der Waals surface area (Å²) in [5, 5.41) is 22.8. The van der Waals surface area contributed by atoms with Gasteiger partial charge in [0, 0.05) is 11.1 Å². The standard InChI is InChI=1S/C15H12N2O3/c1-9-7-12(19)5-6-13(9)15-16-14(17-20-15)10-3-2-4-11(18)8-10/h2-8,18-19H,1H3. The van der Waals surface area contributed by atoms with Crippen molar-refractivity contribution in [2.45, 2.75) is 6.92 Å². The highest BCUT2D eigenvalue weighted by molar-refractivity contribution is 5.63. The first-order valence-electron chi connectivity index (χ1n) is 6.06. The topological polar surface area (TPSA) is 79.4 Å². The molecular weight excluding hydrogens is 256 g/mol. The van der Waals surface area contributed by atoms with Crippen LogP contribution in [0.15, 0.2) is 47.0 Å². The fourth-order valence-electron chi connectivity index (χ4n) is 1.98. The van der Waals surface area contributed by atoms with Gasteiger partial charge >= 0.3 is 0 Å². The number of aromatic nitrogens is 2. The van der Waals surface area contributed by atoms with Crippen LogP contribution in [-0.4, -0.2) is 20.4 Å². The van der Waals surface area contributed by atoms with E-state index in [-0.39, 0.29) is 11.5 Å². The molecule has 0 spiro atoms. The number of hydrogen-bond donors (Lipinski definition) is 2. The molecule has 1 aromatic heterocycles. The Balaban J connectivity index is 2.02. The number of benzene rings is 2. The third-order valence-electron chi connectivity index (χ3n) is 2.97. The van der Waals surface area contributed by atoms with Crippen molar-refractivity contribution < 1.29 is 14.7 Å². The Labute approximate surface area is 115 Å². The van der Waals surface area contributed by atoms with E-state index in [1.54, 1.807) is 42.5 Å². The molecule has 20 heavy (non-hydrogen) atoms. The number of rotatable bonds is 2. The van der Waals surface area contributed by atoms with Crippen LogP contribution in [-0.2, 0) is 0 Å². The predicted molar refractivity (Wildman–Crippen MR) is 73.2 cm³/mol. The summed E-state index contributed by atoms with van der Waals surface area (Å²) in [5.41, 5.74) is 2.29. The van der Waals surface area contributed by atoms with Gasteiger partial charge in [-0.25, -0.2) is 0 Å². The lowest BCUT2D eigenvalue weighted by Crippen LogP contribution is -1.84. The minimum absolute atomic E-state index is 0.148. The van der Waals surface area contributed by atoms with Crippen LogP contribution in [0.1, 0.15) is 5.56 Å². The lowest BCUT2D eigenvalue weighted by atomic mass is 10.1. The van der Waals surface area contributed by atoms with Gasteiger partial charge in [-0.3, -0.25) is 0 Å². The molecule has 1 heterocycles. The van der Waals surface area contributed by atoms with Crippen LogP contribution in [0.5, 0.6) is 11.5 Å². The van der Waals surface area contributed by atoms with Gasteiger partial charge in [0.1, 0.15) is 11.5 Å². The average molecular weight is 268 g/mol. The molecule has 0 unspecified atom stereocenters. The minimum atomic E-state index is 0.148. The molecule has 0 amide bonds. The van der Waals surface area contributed by atoms with Crippen molar-refractivity contribution >= 4 is 0 Å². The zero-order chi connectivity index (χ0) is 14.1. The first kappa shape index (κ1) is 12.2. The van der Waals surface area contributed by atoms with E-state index in [1.807, 2.05) is 6.92 Å². The SMILES string of the molecule is Cc1cc(O)ccc1-c1nc(-c2cccc(O)c2)no1. The van der Waals surface area contributed by atoms with Crippen molar-refractivity contribution in [3.8, 4) is 34.3 Å². The Kier molecular flexibility index (Phi) is 2.87. The Morgan fingerprint density at radius 3 is 2.55 bits per heavy atom. The zero-order valence-electron chi connectivity index (χ0n) is 10.7. The predicted octanol–water partition coefficient (Wildman–Crippen LogP) is 3.12. The van der Waals surface area contributed by atoms with E-state index in [1.165, 1.54) is 0 Å². The first-order chi connectivity index (χ1) is 9.63. The largest absolute Gasteiger partial charge is 0.508 e. The summed E-state index contributed by atoms with van der Waals surface area (Å²) in [7, 11) is 0. The van der Waals surface area contributed by atoms with Crippen LogP contribution >= 0.6 is 0 Å². The minimum Gasteiger partial charge on any atom is -0.508 e. The second-order valence-corrected chi connectivity index (χ2v) is 4.47. The Morgan fingerprint density at radius 2 is 1.80 bits per heavy atom. The highest BCUT2D eigenvalue weighted by Gasteiger charge is 2.13. The maximum absolute atomic E-state index is 9.46. The first-order valence-corrected chi connectivity index (χ1v) is 6.06. The second-order valence-electron chi connectivity index (χ2n) is 4.47. The van der Waals surface area contributed by atoms with Gasteiger partial charge in [0.2, 0.25) is 5.82 Å². The molecule has 0 aliphatic carbocycles. The van der Waals surface area contributed by atoms with Gasteiger partial charge < -0.3 is 14.7 Å². The molecule has 5 nitrogen and oxygen atoms in total. The molecule has 3 aromatic rings. The summed E-state index contributed by atoms with van der Waals surface area (Å²) >= 11 is 0. The Morgan fingerprint density at radius 1 is 1.00 bits per heavy atom. The second kappa shape index (κ2) is 4.70. The van der Waals surface area contributed by atoms with Crippen LogP contribution in [0.4, 0.5) is 0 Å². The molecule has 0 fully saturated rings. The van der Waals surface area contributed by atoms with E-state index in [0.29, 0.717) is 17.3 Å². The fraction of sp³-hybridized carbons (Fsp3) is 0.0667. The highest BCUT2D eigenvalue weighted by atomic mass is 16.5. The van der Waals surface area contributed by atoms with Crippen molar-refractivity contribution in [2.24, 2.45) is 0 Å². The Hall–Kier alpha value is -2.82. The van der Waals surface area contributed by atoms with Crippen molar-refractivity contribution in [2.75, 3.05) is 0 Å². The monoisotopic (exact) mass is 268 g/mol. The van der Waals surface area contributed by atoms with Gasteiger partial charge in [0.05, 0.1) is 0 Å². The van der Waals surface area contributed by atoms with Crippen LogP contribution in [0.25, 0.3) is 22.8 Å². The summed E-state index contributed by atoms with van der Waals surface area (Å²) in [6.07, 6.45) is 0. The van der Waals surface area contributed by atoms with Gasteiger partial charge in [0.25, 0.3) is 5.89 Å². The summed E-state index contributed by atoms with van der Waals surface area (Å²) in [4.78, 5) is 4.31. The normalized spacial score (nSPS) is 10.7. The van der Waals surface area contributed by atoms with Gasteiger partial charge in [-0.2, -0.15) is 4.98 Å². The molecule has 0 atom stereocenters. The smallest absolute Gasteiger partial charge is 0.258 e. The van der Waals surface area contributed by atoms with Crippen LogP contribution < -0.4 is 0 Å². The number of aryl methyl sites for hydroxylation is 1. The molecule has 0 saturated heterocycles. The third-order valence-corrected chi connectivity index (χ3v) is 2.97. The molecule has 5 heteroatoms. The number of phenolic OH excluding ortho intramolecular Hbond substituents is 2. The van der Waals surface area contributed by atoms with Crippen molar-refractivity contribution in [1.82, 2.24) is 10.1 Å². The molecular formula is C15H12N2O3. The number of hydrogen-bond acceptors (Lipinski definition) is 5. The van der Waals surface area contributed by atoms with Gasteiger partial charge in [0.15, 0.2) is 0 Å². The molecule has 0 saturated carbocycles. The molecule has 2 aromatic carbocycles. The van der Waals surface area contributed by atoms with Crippen LogP contribution in [0.2, 0.25) is 0 Å². The average Bonchev–Trinajstić information content (AvgIpc) is 2.88. The van der Waals surface area contributed by atoms with Gasteiger partial charge in [-0.1, -0.05) is 17.3 Å². The maximum Gasteiger partial charge on any atom is 0.258 e.